The molecule has 0 spiro atoms. The van der Waals surface area contributed by atoms with Crippen LogP contribution in [0.2, 0.25) is 0 Å². The van der Waals surface area contributed by atoms with E-state index in [1.54, 1.807) is 0 Å². The van der Waals surface area contributed by atoms with Crippen LogP contribution in [0, 0.1) is 5.92 Å². The lowest BCUT2D eigenvalue weighted by Crippen LogP contribution is -2.28. The maximum absolute atomic E-state index is 3.59. The Balaban J connectivity index is 2.70. The summed E-state index contributed by atoms with van der Waals surface area (Å²) in [7, 11) is 0. The van der Waals surface area contributed by atoms with Crippen LogP contribution in [-0.2, 0) is 0 Å². The zero-order valence-corrected chi connectivity index (χ0v) is 14.3. The van der Waals surface area contributed by atoms with Gasteiger partial charge in [0.25, 0.3) is 0 Å². The Labute approximate surface area is 127 Å². The minimum atomic E-state index is 0.555. The molecule has 0 saturated carbocycles. The van der Waals surface area contributed by atoms with E-state index in [0.717, 1.165) is 16.9 Å². The molecule has 0 bridgehead atoms. The molecule has 0 saturated heterocycles. The van der Waals surface area contributed by atoms with Gasteiger partial charge in [0.15, 0.2) is 0 Å². The summed E-state index contributed by atoms with van der Waals surface area (Å²) in [6.45, 7) is 10.2. The molecule has 19 heavy (non-hydrogen) atoms. The summed E-state index contributed by atoms with van der Waals surface area (Å²) >= 11 is 3.52. The van der Waals surface area contributed by atoms with Crippen molar-refractivity contribution in [3.8, 4) is 0 Å². The van der Waals surface area contributed by atoms with Crippen molar-refractivity contribution in [1.82, 2.24) is 5.32 Å². The molecule has 0 radical (unpaired) electrons. The maximum Gasteiger partial charge on any atom is 0.0175 e. The highest BCUT2D eigenvalue weighted by molar-refractivity contribution is 9.10. The van der Waals surface area contributed by atoms with Gasteiger partial charge in [-0.2, -0.15) is 0 Å². The Morgan fingerprint density at radius 1 is 1.11 bits per heavy atom. The van der Waals surface area contributed by atoms with Crippen molar-refractivity contribution in [2.45, 2.75) is 58.9 Å². The molecule has 0 fully saturated rings. The molecule has 1 N–H and O–H groups in total. The lowest BCUT2D eigenvalue weighted by Gasteiger charge is -2.23. The summed E-state index contributed by atoms with van der Waals surface area (Å²) in [4.78, 5) is 0. The van der Waals surface area contributed by atoms with Crippen LogP contribution in [0.4, 0.5) is 0 Å². The summed E-state index contributed by atoms with van der Waals surface area (Å²) in [5, 5.41) is 3.59. The van der Waals surface area contributed by atoms with Gasteiger partial charge >= 0.3 is 0 Å². The first-order valence-electron chi connectivity index (χ1n) is 7.51. The van der Waals surface area contributed by atoms with Crippen LogP contribution >= 0.6 is 15.9 Å². The number of nitrogens with one attached hydrogen (secondary N) is 1. The van der Waals surface area contributed by atoms with Gasteiger partial charge in [-0.25, -0.2) is 0 Å². The molecule has 0 aromatic heterocycles. The Morgan fingerprint density at radius 2 is 1.74 bits per heavy atom. The fourth-order valence-corrected chi connectivity index (χ4v) is 2.81. The van der Waals surface area contributed by atoms with Gasteiger partial charge in [0.05, 0.1) is 0 Å². The molecule has 0 aliphatic heterocycles. The third kappa shape index (κ3) is 6.58. The molecule has 0 aliphatic carbocycles. The molecular weight excluding hydrogens is 298 g/mol. The number of benzene rings is 1. The predicted molar refractivity (Wildman–Crippen MR) is 88.7 cm³/mol. The summed E-state index contributed by atoms with van der Waals surface area (Å²) in [6, 6.07) is 9.38. The maximum atomic E-state index is 3.59. The van der Waals surface area contributed by atoms with Gasteiger partial charge in [-0.05, 0) is 36.0 Å². The molecule has 1 aromatic rings. The Morgan fingerprint density at radius 3 is 2.26 bits per heavy atom. The topological polar surface area (TPSA) is 12.0 Å². The molecule has 2 atom stereocenters. The van der Waals surface area contributed by atoms with Gasteiger partial charge < -0.3 is 5.32 Å². The van der Waals surface area contributed by atoms with E-state index in [4.69, 9.17) is 0 Å². The van der Waals surface area contributed by atoms with Gasteiger partial charge in [-0.15, -0.1) is 0 Å². The largest absolute Gasteiger partial charge is 0.314 e. The Bertz CT molecular complexity index is 345. The minimum absolute atomic E-state index is 0.555. The van der Waals surface area contributed by atoms with Gasteiger partial charge in [0, 0.05) is 17.1 Å². The van der Waals surface area contributed by atoms with E-state index in [1.807, 2.05) is 0 Å². The lowest BCUT2D eigenvalue weighted by molar-refractivity contribution is 0.410. The molecule has 0 heterocycles. The minimum Gasteiger partial charge on any atom is -0.314 e. The van der Waals surface area contributed by atoms with Crippen LogP contribution in [0.5, 0.6) is 0 Å². The van der Waals surface area contributed by atoms with Crippen molar-refractivity contribution < 1.29 is 0 Å². The van der Waals surface area contributed by atoms with E-state index in [-0.39, 0.29) is 0 Å². The van der Waals surface area contributed by atoms with Crippen molar-refractivity contribution in [3.05, 3.63) is 34.3 Å². The van der Waals surface area contributed by atoms with Gasteiger partial charge in [0.1, 0.15) is 0 Å². The Kier molecular flexibility index (Phi) is 7.70. The fraction of sp³-hybridized carbons (Fsp3) is 0.647. The average Bonchev–Trinajstić information content (AvgIpc) is 2.35. The molecule has 1 rings (SSSR count). The van der Waals surface area contributed by atoms with Gasteiger partial charge in [-0.1, -0.05) is 68.6 Å². The van der Waals surface area contributed by atoms with Crippen molar-refractivity contribution in [1.29, 1.82) is 0 Å². The molecule has 0 aliphatic rings. The van der Waals surface area contributed by atoms with E-state index >= 15 is 0 Å². The highest BCUT2D eigenvalue weighted by atomic mass is 79.9. The van der Waals surface area contributed by atoms with Crippen molar-refractivity contribution in [2.24, 2.45) is 5.92 Å². The quantitative estimate of drug-likeness (QED) is 0.678. The zero-order chi connectivity index (χ0) is 14.3. The zero-order valence-electron chi connectivity index (χ0n) is 12.7. The molecule has 0 amide bonds. The number of hydrogen-bond donors (Lipinski definition) is 1. The average molecular weight is 326 g/mol. The lowest BCUT2D eigenvalue weighted by atomic mass is 9.87. The molecule has 1 nitrogen and oxygen atoms in total. The standard InChI is InChI=1S/C17H28BrN/c1-5-6-14(4)11-16(12-19-13(2)3)15-7-9-17(18)10-8-15/h7-10,13-14,16,19H,5-6,11-12H2,1-4H3. The molecule has 1 aromatic carbocycles. The van der Waals surface area contributed by atoms with Crippen LogP contribution in [0.1, 0.15) is 58.4 Å². The summed E-state index contributed by atoms with van der Waals surface area (Å²) in [5.41, 5.74) is 1.46. The van der Waals surface area contributed by atoms with Crippen molar-refractivity contribution >= 4 is 15.9 Å². The monoisotopic (exact) mass is 325 g/mol. The summed E-state index contributed by atoms with van der Waals surface area (Å²) in [6.07, 6.45) is 3.88. The van der Waals surface area contributed by atoms with E-state index in [1.165, 1.54) is 24.8 Å². The second kappa shape index (κ2) is 8.76. The SMILES string of the molecule is CCCC(C)CC(CNC(C)C)c1ccc(Br)cc1. The summed E-state index contributed by atoms with van der Waals surface area (Å²) < 4.78 is 1.16. The fourth-order valence-electron chi connectivity index (χ4n) is 2.55. The van der Waals surface area contributed by atoms with E-state index in [2.05, 4.69) is 73.2 Å². The Hall–Kier alpha value is -0.340. The first-order chi connectivity index (χ1) is 9.02. The molecule has 2 heteroatoms. The second-order valence-corrected chi connectivity index (χ2v) is 6.86. The van der Waals surface area contributed by atoms with Crippen LogP contribution < -0.4 is 5.32 Å². The van der Waals surface area contributed by atoms with Crippen LogP contribution in [-0.4, -0.2) is 12.6 Å². The van der Waals surface area contributed by atoms with Gasteiger partial charge in [0.2, 0.25) is 0 Å². The summed E-state index contributed by atoms with van der Waals surface area (Å²) in [5.74, 6) is 1.42. The van der Waals surface area contributed by atoms with E-state index in [9.17, 15) is 0 Å². The predicted octanol–water partition coefficient (Wildman–Crippen LogP) is 5.36. The van der Waals surface area contributed by atoms with Crippen LogP contribution in [0.3, 0.4) is 0 Å². The molecule has 2 unspecified atom stereocenters. The second-order valence-electron chi connectivity index (χ2n) is 5.94. The highest BCUT2D eigenvalue weighted by Gasteiger charge is 2.15. The normalized spacial score (nSPS) is 14.6. The van der Waals surface area contributed by atoms with Crippen molar-refractivity contribution in [3.63, 3.8) is 0 Å². The van der Waals surface area contributed by atoms with Gasteiger partial charge in [-0.3, -0.25) is 0 Å². The highest BCUT2D eigenvalue weighted by Crippen LogP contribution is 2.26. The van der Waals surface area contributed by atoms with Crippen molar-refractivity contribution in [2.75, 3.05) is 6.54 Å². The number of rotatable bonds is 8. The van der Waals surface area contributed by atoms with E-state index < -0.39 is 0 Å². The van der Waals surface area contributed by atoms with E-state index in [0.29, 0.717) is 12.0 Å². The number of hydrogen-bond acceptors (Lipinski definition) is 1. The van der Waals surface area contributed by atoms with Crippen LogP contribution in [0.15, 0.2) is 28.7 Å². The third-order valence-corrected chi connectivity index (χ3v) is 4.11. The first kappa shape index (κ1) is 16.7. The molecule has 108 valence electrons. The number of halogens is 1. The molecular formula is C17H28BrN. The third-order valence-electron chi connectivity index (χ3n) is 3.58. The van der Waals surface area contributed by atoms with Crippen LogP contribution in [0.25, 0.3) is 0 Å². The first-order valence-corrected chi connectivity index (χ1v) is 8.31. The smallest absolute Gasteiger partial charge is 0.0175 e.